The largest absolute Gasteiger partial charge is 0.264 e. The maximum atomic E-state index is 4.05. The minimum absolute atomic E-state index is 1.17. The Kier molecular flexibility index (Phi) is 7.81. The third kappa shape index (κ3) is 3.73. The summed E-state index contributed by atoms with van der Waals surface area (Å²) in [6.45, 7) is 8.00. The van der Waals surface area contributed by atoms with Crippen LogP contribution in [0.1, 0.15) is 40.5 Å². The number of hydrogen-bond donors (Lipinski definition) is 0. The second kappa shape index (κ2) is 8.49. The predicted molar refractivity (Wildman–Crippen MR) is 64.3 cm³/mol. The van der Waals surface area contributed by atoms with E-state index in [1.807, 2.05) is 40.1 Å². The van der Waals surface area contributed by atoms with Crippen molar-refractivity contribution >= 4 is 12.2 Å². The molecule has 0 saturated heterocycles. The summed E-state index contributed by atoms with van der Waals surface area (Å²) in [5.41, 5.74) is 0. The van der Waals surface area contributed by atoms with E-state index < -0.39 is 0 Å². The maximum Gasteiger partial charge on any atom is 0.0343 e. The van der Waals surface area contributed by atoms with Crippen LogP contribution in [0.3, 0.4) is 0 Å². The molecule has 1 heterocycles. The zero-order valence-electron chi connectivity index (χ0n) is 9.75. The van der Waals surface area contributed by atoms with Gasteiger partial charge in [-0.3, -0.25) is 4.98 Å². The first-order valence-electron chi connectivity index (χ1n) is 5.57. The quantitative estimate of drug-likeness (QED) is 0.614. The van der Waals surface area contributed by atoms with Crippen LogP contribution in [0, 0.1) is 0 Å². The molecule has 0 N–H and O–H groups in total. The highest BCUT2D eigenvalue weighted by atomic mass is 14.6. The van der Waals surface area contributed by atoms with Gasteiger partial charge < -0.3 is 0 Å². The van der Waals surface area contributed by atoms with Gasteiger partial charge in [0.25, 0.3) is 0 Å². The molecule has 2 rings (SSSR count). The van der Waals surface area contributed by atoms with E-state index in [9.17, 15) is 0 Å². The lowest BCUT2D eigenvalue weighted by molar-refractivity contribution is 1.10. The number of pyridine rings is 1. The summed E-state index contributed by atoms with van der Waals surface area (Å²) in [6, 6.07) is 2.06. The van der Waals surface area contributed by atoms with Crippen LogP contribution >= 0.6 is 0 Å². The number of hydrogen-bond acceptors (Lipinski definition) is 1. The number of aromatic nitrogens is 1. The summed E-state index contributed by atoms with van der Waals surface area (Å²) in [7, 11) is 0. The van der Waals surface area contributed by atoms with Crippen molar-refractivity contribution in [3.63, 3.8) is 0 Å². The molecule has 0 aliphatic heterocycles. The third-order valence-electron chi connectivity index (χ3n) is 1.78. The van der Waals surface area contributed by atoms with E-state index in [0.29, 0.717) is 0 Å². The highest BCUT2D eigenvalue weighted by Gasteiger charge is 1.89. The van der Waals surface area contributed by atoms with Crippen molar-refractivity contribution in [2.75, 3.05) is 0 Å². The number of rotatable bonds is 0. The fourth-order valence-electron chi connectivity index (χ4n) is 1.25. The summed E-state index contributed by atoms with van der Waals surface area (Å²) in [4.78, 5) is 4.05. The molecule has 0 amide bonds. The van der Waals surface area contributed by atoms with E-state index in [4.69, 9.17) is 0 Å². The molecule has 14 heavy (non-hydrogen) atoms. The molecule has 0 saturated carbocycles. The van der Waals surface area contributed by atoms with Crippen molar-refractivity contribution in [3.05, 3.63) is 28.9 Å². The van der Waals surface area contributed by atoms with Crippen molar-refractivity contribution in [2.24, 2.45) is 0 Å². The molecule has 1 aliphatic carbocycles. The topological polar surface area (TPSA) is 12.9 Å². The second-order valence-electron chi connectivity index (χ2n) is 2.49. The van der Waals surface area contributed by atoms with Gasteiger partial charge in [0.1, 0.15) is 0 Å². The third-order valence-corrected chi connectivity index (χ3v) is 1.78. The van der Waals surface area contributed by atoms with Gasteiger partial charge in [0.2, 0.25) is 0 Å². The van der Waals surface area contributed by atoms with E-state index in [1.54, 1.807) is 0 Å². The molecular formula is C13H21N. The molecule has 0 atom stereocenters. The molecule has 0 aromatic carbocycles. The first-order valence-corrected chi connectivity index (χ1v) is 5.57. The monoisotopic (exact) mass is 191 g/mol. The predicted octanol–water partition coefficient (Wildman–Crippen LogP) is 2.49. The Morgan fingerprint density at radius 1 is 0.929 bits per heavy atom. The molecule has 1 aromatic heterocycles. The van der Waals surface area contributed by atoms with Gasteiger partial charge in [-0.1, -0.05) is 39.8 Å². The molecule has 1 heteroatoms. The molecule has 1 aromatic rings. The van der Waals surface area contributed by atoms with E-state index in [1.165, 1.54) is 23.3 Å². The zero-order chi connectivity index (χ0) is 10.8. The highest BCUT2D eigenvalue weighted by Crippen LogP contribution is 1.92. The van der Waals surface area contributed by atoms with Crippen LogP contribution < -0.4 is 10.4 Å². The lowest BCUT2D eigenvalue weighted by atomic mass is 10.1. The van der Waals surface area contributed by atoms with Crippen LogP contribution in [0.4, 0.5) is 0 Å². The maximum absolute atomic E-state index is 4.05. The minimum Gasteiger partial charge on any atom is -0.264 e. The summed E-state index contributed by atoms with van der Waals surface area (Å²) >= 11 is 0. The Hall–Kier alpha value is -1.11. The van der Waals surface area contributed by atoms with Gasteiger partial charge >= 0.3 is 0 Å². The van der Waals surface area contributed by atoms with Crippen LogP contribution in [0.15, 0.2) is 18.5 Å². The summed E-state index contributed by atoms with van der Waals surface area (Å²) in [5.74, 6) is 0. The fraction of sp³-hybridized carbons (Fsp3) is 0.462. The molecule has 0 bridgehead atoms. The van der Waals surface area contributed by atoms with Crippen molar-refractivity contribution in [3.8, 4) is 0 Å². The van der Waals surface area contributed by atoms with E-state index in [-0.39, 0.29) is 0 Å². The van der Waals surface area contributed by atoms with Gasteiger partial charge in [0.05, 0.1) is 0 Å². The smallest absolute Gasteiger partial charge is 0.0343 e. The Labute approximate surface area is 87.2 Å². The Morgan fingerprint density at radius 2 is 1.50 bits per heavy atom. The van der Waals surface area contributed by atoms with Crippen molar-refractivity contribution in [1.82, 2.24) is 4.98 Å². The van der Waals surface area contributed by atoms with Crippen LogP contribution in [0.2, 0.25) is 0 Å². The normalized spacial score (nSPS) is 11.4. The standard InChI is InChI=1S/C9H9N.2C2H6/c1-2-4-9-7-10-6-5-8(9)3-1;2*1-2/h3-7H,1-2H2;2*1-2H3. The van der Waals surface area contributed by atoms with Gasteiger partial charge in [-0.05, 0) is 29.3 Å². The average Bonchev–Trinajstić information content (AvgIpc) is 2.34. The molecule has 0 unspecified atom stereocenters. The highest BCUT2D eigenvalue weighted by molar-refractivity contribution is 5.36. The molecule has 0 fully saturated rings. The summed E-state index contributed by atoms with van der Waals surface area (Å²) in [5, 5.41) is 2.62. The van der Waals surface area contributed by atoms with Crippen LogP contribution in [0.25, 0.3) is 12.2 Å². The number of nitrogens with zero attached hydrogens (tertiary/aromatic N) is 1. The Morgan fingerprint density at radius 3 is 2.07 bits per heavy atom. The van der Waals surface area contributed by atoms with E-state index in [0.717, 1.165) is 0 Å². The van der Waals surface area contributed by atoms with Crippen molar-refractivity contribution < 1.29 is 0 Å². The molecule has 78 valence electrons. The van der Waals surface area contributed by atoms with Gasteiger partial charge in [-0.25, -0.2) is 0 Å². The zero-order valence-corrected chi connectivity index (χ0v) is 9.75. The van der Waals surface area contributed by atoms with Crippen LogP contribution in [-0.2, 0) is 0 Å². The lowest BCUT2D eigenvalue weighted by Crippen LogP contribution is -2.26. The van der Waals surface area contributed by atoms with Gasteiger partial charge in [0, 0.05) is 12.4 Å². The molecule has 1 nitrogen and oxygen atoms in total. The molecular weight excluding hydrogens is 170 g/mol. The SMILES string of the molecule is C1=c2ccncc2=CCC1.CC.CC. The second-order valence-corrected chi connectivity index (χ2v) is 2.49. The van der Waals surface area contributed by atoms with Gasteiger partial charge in [-0.15, -0.1) is 0 Å². The number of fused-ring (bicyclic) bond motifs is 1. The van der Waals surface area contributed by atoms with Gasteiger partial charge in [0.15, 0.2) is 0 Å². The Bertz CT molecular complexity index is 303. The first-order chi connectivity index (χ1) is 6.97. The van der Waals surface area contributed by atoms with Crippen molar-refractivity contribution in [2.45, 2.75) is 40.5 Å². The Balaban J connectivity index is 0.000000379. The van der Waals surface area contributed by atoms with Crippen LogP contribution in [-0.4, -0.2) is 4.98 Å². The summed E-state index contributed by atoms with van der Waals surface area (Å²) < 4.78 is 0. The van der Waals surface area contributed by atoms with Gasteiger partial charge in [-0.2, -0.15) is 0 Å². The summed E-state index contributed by atoms with van der Waals surface area (Å²) in [6.07, 6.45) is 10.6. The molecule has 1 aliphatic rings. The van der Waals surface area contributed by atoms with E-state index in [2.05, 4.69) is 23.2 Å². The lowest BCUT2D eigenvalue weighted by Gasteiger charge is -1.96. The van der Waals surface area contributed by atoms with E-state index >= 15 is 0 Å². The first kappa shape index (κ1) is 12.9. The fourth-order valence-corrected chi connectivity index (χ4v) is 1.25. The minimum atomic E-state index is 1.17. The molecule has 0 radical (unpaired) electrons. The average molecular weight is 191 g/mol. The van der Waals surface area contributed by atoms with Crippen LogP contribution in [0.5, 0.6) is 0 Å². The van der Waals surface area contributed by atoms with Crippen molar-refractivity contribution in [1.29, 1.82) is 0 Å². The molecule has 0 spiro atoms.